The molecule has 0 radical (unpaired) electrons. The maximum atomic E-state index is 11.8. The van der Waals surface area contributed by atoms with Crippen molar-refractivity contribution in [2.45, 2.75) is 6.61 Å². The third kappa shape index (κ3) is 5.23. The highest BCUT2D eigenvalue weighted by atomic mass is 16.6. The van der Waals surface area contributed by atoms with E-state index in [4.69, 9.17) is 9.47 Å². The Morgan fingerprint density at radius 1 is 1.07 bits per heavy atom. The normalized spacial score (nSPS) is 10.1. The van der Waals surface area contributed by atoms with Crippen LogP contribution >= 0.6 is 0 Å². The van der Waals surface area contributed by atoms with E-state index in [-0.39, 0.29) is 24.1 Å². The summed E-state index contributed by atoms with van der Waals surface area (Å²) < 4.78 is 10.6. The van der Waals surface area contributed by atoms with Crippen LogP contribution in [0.5, 0.6) is 11.6 Å². The Labute approximate surface area is 153 Å². The van der Waals surface area contributed by atoms with Gasteiger partial charge in [0, 0.05) is 24.4 Å². The molecule has 0 fully saturated rings. The number of hydrogen-bond acceptors (Lipinski definition) is 7. The van der Waals surface area contributed by atoms with Crippen LogP contribution < -0.4 is 10.1 Å². The molecule has 3 aromatic rings. The molecular weight excluding hydrogens is 352 g/mol. The zero-order valence-electron chi connectivity index (χ0n) is 13.9. The standard InChI is InChI=1S/C18H14N4O5/c23-18(26-12-13-4-2-1-3-5-13)21-17-19-11-10-16(20-17)27-15-8-6-14(7-9-15)22(24)25/h1-11H,12H2,(H,19,20,21,23). The van der Waals surface area contributed by atoms with Crippen LogP contribution in [-0.2, 0) is 11.3 Å². The predicted molar refractivity (Wildman–Crippen MR) is 95.5 cm³/mol. The highest BCUT2D eigenvalue weighted by Crippen LogP contribution is 2.22. The number of benzene rings is 2. The van der Waals surface area contributed by atoms with Gasteiger partial charge in [0.05, 0.1) is 4.92 Å². The number of nitro benzene ring substituents is 1. The molecule has 0 aliphatic carbocycles. The molecule has 9 heteroatoms. The number of non-ortho nitro benzene ring substituents is 1. The van der Waals surface area contributed by atoms with Gasteiger partial charge in [0.25, 0.3) is 5.69 Å². The molecule has 1 aromatic heterocycles. The summed E-state index contributed by atoms with van der Waals surface area (Å²) in [4.78, 5) is 30.0. The van der Waals surface area contributed by atoms with Crippen molar-refractivity contribution in [1.82, 2.24) is 9.97 Å². The van der Waals surface area contributed by atoms with Crippen molar-refractivity contribution < 1.29 is 19.2 Å². The summed E-state index contributed by atoms with van der Waals surface area (Å²) >= 11 is 0. The number of aromatic nitrogens is 2. The van der Waals surface area contributed by atoms with Gasteiger partial charge in [-0.05, 0) is 17.7 Å². The molecule has 136 valence electrons. The number of ether oxygens (including phenoxy) is 2. The van der Waals surface area contributed by atoms with Crippen LogP contribution in [0.25, 0.3) is 0 Å². The lowest BCUT2D eigenvalue weighted by Gasteiger charge is -2.08. The van der Waals surface area contributed by atoms with Gasteiger partial charge in [-0.1, -0.05) is 30.3 Å². The molecule has 0 atom stereocenters. The number of carbonyl (C=O) groups is 1. The summed E-state index contributed by atoms with van der Waals surface area (Å²) in [5.41, 5.74) is 0.803. The van der Waals surface area contributed by atoms with Gasteiger partial charge >= 0.3 is 6.09 Å². The largest absolute Gasteiger partial charge is 0.444 e. The number of anilines is 1. The summed E-state index contributed by atoms with van der Waals surface area (Å²) in [6.45, 7) is 0.117. The fourth-order valence-corrected chi connectivity index (χ4v) is 2.07. The lowest BCUT2D eigenvalue weighted by atomic mass is 10.2. The van der Waals surface area contributed by atoms with E-state index >= 15 is 0 Å². The van der Waals surface area contributed by atoms with Crippen molar-refractivity contribution in [1.29, 1.82) is 0 Å². The molecule has 0 spiro atoms. The zero-order valence-corrected chi connectivity index (χ0v) is 13.9. The van der Waals surface area contributed by atoms with Crippen LogP contribution in [0.4, 0.5) is 16.4 Å². The number of nitrogens with zero attached hydrogens (tertiary/aromatic N) is 3. The number of nitro groups is 1. The molecule has 1 amide bonds. The van der Waals surface area contributed by atoms with E-state index in [9.17, 15) is 14.9 Å². The fraction of sp³-hybridized carbons (Fsp3) is 0.0556. The molecule has 2 aromatic carbocycles. The average molecular weight is 366 g/mol. The highest BCUT2D eigenvalue weighted by Gasteiger charge is 2.09. The van der Waals surface area contributed by atoms with E-state index in [0.717, 1.165) is 5.56 Å². The minimum atomic E-state index is -0.702. The van der Waals surface area contributed by atoms with E-state index in [1.165, 1.54) is 36.5 Å². The topological polar surface area (TPSA) is 116 Å². The number of hydrogen-bond donors (Lipinski definition) is 1. The first-order valence-corrected chi connectivity index (χ1v) is 7.83. The SMILES string of the molecule is O=C(Nc1nccc(Oc2ccc([N+](=O)[O-])cc2)n1)OCc1ccccc1. The number of carbonyl (C=O) groups excluding carboxylic acids is 1. The van der Waals surface area contributed by atoms with E-state index in [1.54, 1.807) is 0 Å². The third-order valence-corrected chi connectivity index (χ3v) is 3.33. The lowest BCUT2D eigenvalue weighted by Crippen LogP contribution is -2.15. The van der Waals surface area contributed by atoms with Crippen LogP contribution in [0.3, 0.4) is 0 Å². The molecular formula is C18H14N4O5. The number of rotatable bonds is 6. The van der Waals surface area contributed by atoms with Gasteiger partial charge in [-0.2, -0.15) is 4.98 Å². The molecule has 3 rings (SSSR count). The maximum Gasteiger partial charge on any atom is 0.414 e. The minimum absolute atomic E-state index is 0.00692. The second kappa shape index (κ2) is 8.39. The fourth-order valence-electron chi connectivity index (χ4n) is 2.07. The summed E-state index contributed by atoms with van der Waals surface area (Å²) in [6, 6.07) is 16.2. The molecule has 0 saturated carbocycles. The van der Waals surface area contributed by atoms with Gasteiger partial charge < -0.3 is 9.47 Å². The molecule has 9 nitrogen and oxygen atoms in total. The quantitative estimate of drug-likeness (QED) is 0.519. The lowest BCUT2D eigenvalue weighted by molar-refractivity contribution is -0.384. The third-order valence-electron chi connectivity index (χ3n) is 3.33. The summed E-state index contributed by atoms with van der Waals surface area (Å²) in [6.07, 6.45) is 0.701. The first-order chi connectivity index (χ1) is 13.1. The first kappa shape index (κ1) is 17.8. The van der Waals surface area contributed by atoms with Crippen LogP contribution in [0, 0.1) is 10.1 Å². The van der Waals surface area contributed by atoms with Crippen molar-refractivity contribution in [3.63, 3.8) is 0 Å². The number of nitrogens with one attached hydrogen (secondary N) is 1. The van der Waals surface area contributed by atoms with Gasteiger partial charge in [0.15, 0.2) is 0 Å². The van der Waals surface area contributed by atoms with Crippen molar-refractivity contribution in [2.75, 3.05) is 5.32 Å². The van der Waals surface area contributed by atoms with E-state index in [0.29, 0.717) is 5.75 Å². The van der Waals surface area contributed by atoms with Crippen LogP contribution in [-0.4, -0.2) is 21.0 Å². The van der Waals surface area contributed by atoms with Gasteiger partial charge in [-0.15, -0.1) is 0 Å². The second-order valence-electron chi connectivity index (χ2n) is 5.26. The Hall–Kier alpha value is -4.01. The summed E-state index contributed by atoms with van der Waals surface area (Å²) in [5.74, 6) is 0.529. The molecule has 1 heterocycles. The van der Waals surface area contributed by atoms with Crippen molar-refractivity contribution in [3.05, 3.63) is 82.5 Å². The van der Waals surface area contributed by atoms with E-state index in [2.05, 4.69) is 15.3 Å². The smallest absolute Gasteiger partial charge is 0.414 e. The Morgan fingerprint density at radius 2 is 1.81 bits per heavy atom. The van der Waals surface area contributed by atoms with Gasteiger partial charge in [-0.25, -0.2) is 9.78 Å². The monoisotopic (exact) mass is 366 g/mol. The molecule has 0 bridgehead atoms. The Morgan fingerprint density at radius 3 is 2.52 bits per heavy atom. The molecule has 27 heavy (non-hydrogen) atoms. The maximum absolute atomic E-state index is 11.8. The average Bonchev–Trinajstić information content (AvgIpc) is 2.68. The van der Waals surface area contributed by atoms with E-state index in [1.807, 2.05) is 30.3 Å². The van der Waals surface area contributed by atoms with Crippen LogP contribution in [0.2, 0.25) is 0 Å². The molecule has 0 unspecified atom stereocenters. The molecule has 0 saturated heterocycles. The van der Waals surface area contributed by atoms with Gasteiger partial charge in [-0.3, -0.25) is 15.4 Å². The van der Waals surface area contributed by atoms with Crippen LogP contribution in [0.1, 0.15) is 5.56 Å². The van der Waals surface area contributed by atoms with Gasteiger partial charge in [0.2, 0.25) is 11.8 Å². The number of amides is 1. The Bertz CT molecular complexity index is 932. The van der Waals surface area contributed by atoms with Crippen molar-refractivity contribution in [3.8, 4) is 11.6 Å². The molecule has 0 aliphatic heterocycles. The van der Waals surface area contributed by atoms with Gasteiger partial charge in [0.1, 0.15) is 12.4 Å². The van der Waals surface area contributed by atoms with E-state index < -0.39 is 11.0 Å². The van der Waals surface area contributed by atoms with Crippen LogP contribution in [0.15, 0.2) is 66.9 Å². The zero-order chi connectivity index (χ0) is 19.1. The van der Waals surface area contributed by atoms with Crippen molar-refractivity contribution in [2.24, 2.45) is 0 Å². The molecule has 0 aliphatic rings. The summed E-state index contributed by atoms with van der Waals surface area (Å²) in [5, 5.41) is 13.1. The summed E-state index contributed by atoms with van der Waals surface area (Å²) in [7, 11) is 0. The second-order valence-corrected chi connectivity index (χ2v) is 5.26. The predicted octanol–water partition coefficient (Wildman–Crippen LogP) is 3.93. The first-order valence-electron chi connectivity index (χ1n) is 7.83. The highest BCUT2D eigenvalue weighted by molar-refractivity contribution is 5.82. The Balaban J connectivity index is 1.58. The van der Waals surface area contributed by atoms with Crippen molar-refractivity contribution >= 4 is 17.7 Å². The molecule has 1 N–H and O–H groups in total. The minimum Gasteiger partial charge on any atom is -0.444 e. The Kier molecular flexibility index (Phi) is 5.53.